The van der Waals surface area contributed by atoms with Crippen molar-refractivity contribution in [1.29, 1.82) is 0 Å². The van der Waals surface area contributed by atoms with Crippen molar-refractivity contribution in [3.05, 3.63) is 94.1 Å². The number of aromatic nitrogens is 1. The van der Waals surface area contributed by atoms with Crippen molar-refractivity contribution in [3.8, 4) is 0 Å². The van der Waals surface area contributed by atoms with E-state index in [0.29, 0.717) is 42.3 Å². The van der Waals surface area contributed by atoms with E-state index in [9.17, 15) is 28.4 Å². The molecule has 2 aromatic carbocycles. The van der Waals surface area contributed by atoms with Crippen molar-refractivity contribution >= 4 is 46.7 Å². The Kier molecular flexibility index (Phi) is 11.8. The van der Waals surface area contributed by atoms with Crippen molar-refractivity contribution in [1.82, 2.24) is 21.1 Å². The number of carbonyl (C=O) groups is 5. The summed E-state index contributed by atoms with van der Waals surface area (Å²) < 4.78 is 18.7. The number of aryl methyl sites for hydroxylation is 1. The topological polar surface area (TPSA) is 151 Å². The van der Waals surface area contributed by atoms with Crippen LogP contribution in [-0.4, -0.2) is 59.7 Å². The molecule has 1 fully saturated rings. The average molecular weight is 706 g/mol. The lowest BCUT2D eigenvalue weighted by molar-refractivity contribution is -0.131. The number of hydrogen-bond acceptors (Lipinski definition) is 7. The number of nitrogens with one attached hydrogen (secondary N) is 3. The summed E-state index contributed by atoms with van der Waals surface area (Å²) in [5, 5.41) is 12.8. The van der Waals surface area contributed by atoms with Crippen LogP contribution in [0.15, 0.2) is 65.2 Å². The summed E-state index contributed by atoms with van der Waals surface area (Å²) >= 11 is 6.14. The Morgan fingerprint density at radius 2 is 1.88 bits per heavy atom. The van der Waals surface area contributed by atoms with Crippen molar-refractivity contribution in [3.63, 3.8) is 0 Å². The summed E-state index contributed by atoms with van der Waals surface area (Å²) in [4.78, 5) is 68.3. The van der Waals surface area contributed by atoms with Gasteiger partial charge in [-0.15, -0.1) is 0 Å². The predicted octanol–water partition coefficient (Wildman–Crippen LogP) is 4.50. The van der Waals surface area contributed by atoms with Gasteiger partial charge < -0.3 is 25.4 Å². The highest BCUT2D eigenvalue weighted by molar-refractivity contribution is 6.30. The number of ketones is 1. The molecule has 0 unspecified atom stereocenters. The maximum Gasteiger partial charge on any atom is 0.274 e. The minimum absolute atomic E-state index is 0.0305. The maximum atomic E-state index is 14.1. The Hall–Kier alpha value is -4.84. The quantitative estimate of drug-likeness (QED) is 0.209. The summed E-state index contributed by atoms with van der Waals surface area (Å²) in [7, 11) is 0. The van der Waals surface area contributed by atoms with Crippen LogP contribution in [0.4, 0.5) is 10.1 Å². The van der Waals surface area contributed by atoms with Gasteiger partial charge in [0.05, 0.1) is 6.04 Å². The van der Waals surface area contributed by atoms with Gasteiger partial charge in [-0.3, -0.25) is 24.0 Å². The normalized spacial score (nSPS) is 17.4. The van der Waals surface area contributed by atoms with Crippen LogP contribution in [0.5, 0.6) is 0 Å². The highest BCUT2D eigenvalue weighted by Gasteiger charge is 2.33. The van der Waals surface area contributed by atoms with Gasteiger partial charge in [0.15, 0.2) is 11.5 Å². The molecule has 2 aliphatic rings. The fourth-order valence-electron chi connectivity index (χ4n) is 6.39. The Balaban J connectivity index is 1.36. The molecule has 50 heavy (non-hydrogen) atoms. The molecule has 4 atom stereocenters. The van der Waals surface area contributed by atoms with Gasteiger partial charge >= 0.3 is 0 Å². The molecule has 0 bridgehead atoms. The van der Waals surface area contributed by atoms with Crippen LogP contribution in [0.3, 0.4) is 0 Å². The molecular formula is C37H41ClFN5O6. The van der Waals surface area contributed by atoms with Gasteiger partial charge in [-0.2, -0.15) is 0 Å². The second-order valence-corrected chi connectivity index (χ2v) is 13.7. The minimum Gasteiger partial charge on any atom is -0.361 e. The third-order valence-electron chi connectivity index (χ3n) is 9.08. The van der Waals surface area contributed by atoms with E-state index >= 15 is 0 Å². The molecular weight excluding hydrogens is 665 g/mol. The maximum absolute atomic E-state index is 14.1. The van der Waals surface area contributed by atoms with Crippen molar-refractivity contribution in [2.24, 2.45) is 17.8 Å². The molecule has 0 saturated carbocycles. The van der Waals surface area contributed by atoms with E-state index in [2.05, 4.69) is 21.1 Å². The first-order valence-corrected chi connectivity index (χ1v) is 17.1. The number of rotatable bonds is 14. The van der Waals surface area contributed by atoms with Crippen LogP contribution >= 0.6 is 11.6 Å². The number of fused-ring (bicyclic) bond motifs is 1. The molecule has 11 nitrogen and oxygen atoms in total. The van der Waals surface area contributed by atoms with Crippen molar-refractivity contribution in [2.75, 3.05) is 18.0 Å². The average Bonchev–Trinajstić information content (AvgIpc) is 3.82. The fraction of sp³-hybridized carbons (Fsp3) is 0.405. The van der Waals surface area contributed by atoms with E-state index in [4.69, 9.17) is 16.1 Å². The molecule has 5 rings (SSSR count). The minimum atomic E-state index is -0.934. The first kappa shape index (κ1) is 36.4. The highest BCUT2D eigenvalue weighted by atomic mass is 35.5. The lowest BCUT2D eigenvalue weighted by Gasteiger charge is -2.25. The number of amides is 4. The largest absolute Gasteiger partial charge is 0.361 e. The highest BCUT2D eigenvalue weighted by Crippen LogP contribution is 2.30. The van der Waals surface area contributed by atoms with Gasteiger partial charge in [0.1, 0.15) is 11.6 Å². The third kappa shape index (κ3) is 9.23. The number of halogens is 2. The second-order valence-electron chi connectivity index (χ2n) is 13.2. The number of Topliss-reactive ketones (excluding diaryl/α,β-unsaturated/α-hetero) is 1. The van der Waals surface area contributed by atoms with Gasteiger partial charge in [-0.1, -0.05) is 48.8 Å². The first-order chi connectivity index (χ1) is 23.9. The van der Waals surface area contributed by atoms with Crippen LogP contribution in [0, 0.1) is 30.5 Å². The SMILES string of the molecule is Cc1cc(C(=O)N[C@H](C(=O)C[C@@H](Cc2ccc(F)cc2)C(=O)N[C@H](/C=C/C(=O)N2CCc3cc(Cl)ccc32)C[C@@H]2CCNC2=O)C(C)C)no1. The summed E-state index contributed by atoms with van der Waals surface area (Å²) in [5.41, 5.74) is 2.39. The van der Waals surface area contributed by atoms with Gasteiger partial charge in [0, 0.05) is 60.2 Å². The molecule has 264 valence electrons. The molecule has 1 aromatic heterocycles. The van der Waals surface area contributed by atoms with E-state index in [0.717, 1.165) is 11.3 Å². The third-order valence-corrected chi connectivity index (χ3v) is 9.31. The smallest absolute Gasteiger partial charge is 0.274 e. The van der Waals surface area contributed by atoms with Crippen molar-refractivity contribution in [2.45, 2.75) is 65.0 Å². The van der Waals surface area contributed by atoms with E-state index in [-0.39, 0.29) is 54.4 Å². The molecule has 2 aliphatic heterocycles. The molecule has 3 N–H and O–H groups in total. The summed E-state index contributed by atoms with van der Waals surface area (Å²) in [6, 6.07) is 10.8. The molecule has 4 amide bonds. The molecule has 0 radical (unpaired) electrons. The van der Waals surface area contributed by atoms with Gasteiger partial charge in [0.2, 0.25) is 11.8 Å². The van der Waals surface area contributed by atoms with Gasteiger partial charge in [0.25, 0.3) is 11.8 Å². The van der Waals surface area contributed by atoms with Crippen LogP contribution in [-0.2, 0) is 32.0 Å². The Morgan fingerprint density at radius 1 is 1.12 bits per heavy atom. The van der Waals surface area contributed by atoms with E-state index in [1.165, 1.54) is 24.3 Å². The van der Waals surface area contributed by atoms with Crippen LogP contribution in [0.1, 0.15) is 60.5 Å². The molecule has 3 aromatic rings. The first-order valence-electron chi connectivity index (χ1n) is 16.8. The molecule has 0 aliphatic carbocycles. The second kappa shape index (κ2) is 16.2. The van der Waals surface area contributed by atoms with Gasteiger partial charge in [-0.05, 0) is 80.0 Å². The zero-order chi connectivity index (χ0) is 35.9. The number of nitrogens with zero attached hydrogens (tertiary/aromatic N) is 2. The predicted molar refractivity (Wildman–Crippen MR) is 185 cm³/mol. The zero-order valence-corrected chi connectivity index (χ0v) is 29.0. The monoisotopic (exact) mass is 705 g/mol. The number of hydrogen-bond donors (Lipinski definition) is 3. The van der Waals surface area contributed by atoms with Crippen LogP contribution in [0.25, 0.3) is 0 Å². The van der Waals surface area contributed by atoms with Crippen LogP contribution in [0.2, 0.25) is 5.02 Å². The molecule has 0 spiro atoms. The van der Waals surface area contributed by atoms with Crippen molar-refractivity contribution < 1.29 is 32.9 Å². The number of anilines is 1. The standard InChI is InChI=1S/C37H41ClFN5O6/c1-21(2)34(42-37(49)30-16-22(3)50-43-30)32(45)20-26(17-23-4-7-28(39)8-5-23)36(48)41-29(19-25-12-14-40-35(25)47)9-11-33(46)44-15-13-24-18-27(38)6-10-31(24)44/h4-11,16,18,21,25-26,29,34H,12-15,17,19-20H2,1-3H3,(H,40,47)(H,41,48)(H,42,49)/b11-9+/t25-,26+,29+,34-/m0/s1. The van der Waals surface area contributed by atoms with Gasteiger partial charge in [-0.25, -0.2) is 4.39 Å². The lowest BCUT2D eigenvalue weighted by atomic mass is 9.87. The summed E-state index contributed by atoms with van der Waals surface area (Å²) in [6.07, 6.45) is 4.33. The zero-order valence-electron chi connectivity index (χ0n) is 28.2. The molecule has 3 heterocycles. The number of benzene rings is 2. The molecule has 13 heteroatoms. The Bertz CT molecular complexity index is 1770. The van der Waals surface area contributed by atoms with E-state index < -0.39 is 35.6 Å². The number of carbonyl (C=O) groups excluding carboxylic acids is 5. The van der Waals surface area contributed by atoms with Crippen LogP contribution < -0.4 is 20.9 Å². The summed E-state index contributed by atoms with van der Waals surface area (Å²) in [5.74, 6) is -3.47. The van der Waals surface area contributed by atoms with E-state index in [1.54, 1.807) is 56.0 Å². The van der Waals surface area contributed by atoms with E-state index in [1.807, 2.05) is 6.07 Å². The lowest BCUT2D eigenvalue weighted by Crippen LogP contribution is -2.47. The molecule has 1 saturated heterocycles. The summed E-state index contributed by atoms with van der Waals surface area (Å²) in [6.45, 7) is 6.20. The Labute approximate surface area is 295 Å². The fourth-order valence-corrected chi connectivity index (χ4v) is 6.58. The Morgan fingerprint density at radius 3 is 2.54 bits per heavy atom.